The normalized spacial score (nSPS) is 11.0. The van der Waals surface area contributed by atoms with E-state index in [1.807, 2.05) is 55.5 Å². The smallest absolute Gasteiger partial charge is 0.258 e. The first-order valence-corrected chi connectivity index (χ1v) is 8.06. The molecule has 0 saturated carbocycles. The summed E-state index contributed by atoms with van der Waals surface area (Å²) in [6, 6.07) is 19.9. The molecule has 124 valence electrons. The van der Waals surface area contributed by atoms with E-state index < -0.39 is 4.92 Å². The predicted octanol–water partition coefficient (Wildman–Crippen LogP) is 5.97. The van der Waals surface area contributed by atoms with Crippen molar-refractivity contribution < 1.29 is 4.92 Å². The Hall–Kier alpha value is -2.98. The van der Waals surface area contributed by atoms with Crippen LogP contribution in [0, 0.1) is 17.0 Å². The number of hydrogen-bond acceptors (Lipinski definition) is 3. The Kier molecular flexibility index (Phi) is 4.91. The van der Waals surface area contributed by atoms with Crippen LogP contribution in [0.5, 0.6) is 0 Å². The highest BCUT2D eigenvalue weighted by atomic mass is 35.5. The van der Waals surface area contributed by atoms with Gasteiger partial charge in [0.1, 0.15) is 0 Å². The minimum absolute atomic E-state index is 0.0180. The molecule has 0 radical (unpaired) electrons. The molecule has 0 aliphatic heterocycles. The maximum atomic E-state index is 10.9. The van der Waals surface area contributed by atoms with Gasteiger partial charge in [-0.15, -0.1) is 0 Å². The molecule has 3 rings (SSSR count). The first-order valence-electron chi connectivity index (χ1n) is 7.68. The van der Waals surface area contributed by atoms with Crippen molar-refractivity contribution in [2.75, 3.05) is 0 Å². The standard InChI is InChI=1S/C20H15ClN2O2/c1-14-2-8-17(9-3-14)22-13-15-4-6-16(7-5-15)19-12-18(23(24)25)10-11-20(19)21/h2-13H,1H3/b22-13+. The van der Waals surface area contributed by atoms with Crippen molar-refractivity contribution in [1.82, 2.24) is 0 Å². The van der Waals surface area contributed by atoms with Gasteiger partial charge in [0, 0.05) is 28.9 Å². The fourth-order valence-electron chi connectivity index (χ4n) is 2.38. The fourth-order valence-corrected chi connectivity index (χ4v) is 2.60. The van der Waals surface area contributed by atoms with Crippen LogP contribution in [-0.4, -0.2) is 11.1 Å². The molecule has 3 aromatic rings. The number of benzene rings is 3. The maximum absolute atomic E-state index is 10.9. The number of aryl methyl sites for hydroxylation is 1. The summed E-state index contributed by atoms with van der Waals surface area (Å²) >= 11 is 6.18. The second-order valence-electron chi connectivity index (χ2n) is 5.64. The van der Waals surface area contributed by atoms with E-state index >= 15 is 0 Å². The topological polar surface area (TPSA) is 55.5 Å². The molecule has 0 aliphatic rings. The minimum Gasteiger partial charge on any atom is -0.258 e. The number of aliphatic imine (C=N–C) groups is 1. The molecule has 4 nitrogen and oxygen atoms in total. The largest absolute Gasteiger partial charge is 0.270 e. The molecular weight excluding hydrogens is 336 g/mol. The zero-order chi connectivity index (χ0) is 17.8. The maximum Gasteiger partial charge on any atom is 0.270 e. The lowest BCUT2D eigenvalue weighted by Crippen LogP contribution is -1.89. The highest BCUT2D eigenvalue weighted by Gasteiger charge is 2.11. The molecule has 0 saturated heterocycles. The van der Waals surface area contributed by atoms with Gasteiger partial charge in [0.2, 0.25) is 0 Å². The number of nitrogens with zero attached hydrogens (tertiary/aromatic N) is 2. The van der Waals surface area contributed by atoms with Crippen LogP contribution in [0.15, 0.2) is 71.7 Å². The zero-order valence-electron chi connectivity index (χ0n) is 13.5. The van der Waals surface area contributed by atoms with Crippen molar-refractivity contribution in [3.8, 4) is 11.1 Å². The van der Waals surface area contributed by atoms with Crippen LogP contribution in [0.1, 0.15) is 11.1 Å². The van der Waals surface area contributed by atoms with Crippen molar-refractivity contribution in [2.24, 2.45) is 4.99 Å². The van der Waals surface area contributed by atoms with Crippen LogP contribution >= 0.6 is 11.6 Å². The van der Waals surface area contributed by atoms with E-state index in [0.29, 0.717) is 10.6 Å². The predicted molar refractivity (Wildman–Crippen MR) is 102 cm³/mol. The summed E-state index contributed by atoms with van der Waals surface area (Å²) < 4.78 is 0. The SMILES string of the molecule is Cc1ccc(/N=C/c2ccc(-c3cc([N+](=O)[O-])ccc3Cl)cc2)cc1. The summed E-state index contributed by atoms with van der Waals surface area (Å²) in [5, 5.41) is 11.4. The molecule has 0 unspecified atom stereocenters. The second-order valence-corrected chi connectivity index (χ2v) is 6.04. The van der Waals surface area contributed by atoms with Crippen molar-refractivity contribution in [1.29, 1.82) is 0 Å². The Bertz CT molecular complexity index is 933. The van der Waals surface area contributed by atoms with Crippen molar-refractivity contribution in [3.63, 3.8) is 0 Å². The first kappa shape index (κ1) is 16.9. The van der Waals surface area contributed by atoms with E-state index in [0.717, 1.165) is 16.8 Å². The minimum atomic E-state index is -0.428. The van der Waals surface area contributed by atoms with E-state index in [4.69, 9.17) is 11.6 Å². The van der Waals surface area contributed by atoms with Gasteiger partial charge in [-0.25, -0.2) is 0 Å². The molecular formula is C20H15ClN2O2. The Morgan fingerprint density at radius 3 is 2.32 bits per heavy atom. The lowest BCUT2D eigenvalue weighted by molar-refractivity contribution is -0.384. The second kappa shape index (κ2) is 7.28. The van der Waals surface area contributed by atoms with Crippen molar-refractivity contribution in [3.05, 3.63) is 93.0 Å². The van der Waals surface area contributed by atoms with Gasteiger partial charge < -0.3 is 0 Å². The van der Waals surface area contributed by atoms with Crippen LogP contribution in [-0.2, 0) is 0 Å². The summed E-state index contributed by atoms with van der Waals surface area (Å²) in [7, 11) is 0. The Morgan fingerprint density at radius 2 is 1.68 bits per heavy atom. The zero-order valence-corrected chi connectivity index (χ0v) is 14.3. The van der Waals surface area contributed by atoms with Gasteiger partial charge in [-0.2, -0.15) is 0 Å². The van der Waals surface area contributed by atoms with E-state index in [1.54, 1.807) is 12.3 Å². The Balaban J connectivity index is 1.84. The van der Waals surface area contributed by atoms with Gasteiger partial charge in [-0.3, -0.25) is 15.1 Å². The number of nitro groups is 1. The third-order valence-corrected chi connectivity index (χ3v) is 4.11. The molecule has 0 atom stereocenters. The lowest BCUT2D eigenvalue weighted by atomic mass is 10.0. The highest BCUT2D eigenvalue weighted by Crippen LogP contribution is 2.31. The molecule has 0 N–H and O–H groups in total. The molecule has 0 bridgehead atoms. The monoisotopic (exact) mass is 350 g/mol. The van der Waals surface area contributed by atoms with Gasteiger partial charge in [-0.05, 0) is 36.2 Å². The number of rotatable bonds is 4. The molecule has 0 fully saturated rings. The van der Waals surface area contributed by atoms with Gasteiger partial charge in [-0.1, -0.05) is 53.6 Å². The van der Waals surface area contributed by atoms with Crippen LogP contribution < -0.4 is 0 Å². The van der Waals surface area contributed by atoms with Crippen molar-refractivity contribution >= 4 is 29.2 Å². The molecule has 0 aliphatic carbocycles. The van der Waals surface area contributed by atoms with Gasteiger partial charge in [0.15, 0.2) is 0 Å². The lowest BCUT2D eigenvalue weighted by Gasteiger charge is -2.05. The summed E-state index contributed by atoms with van der Waals surface area (Å²) in [4.78, 5) is 14.9. The molecule has 0 amide bonds. The van der Waals surface area contributed by atoms with Gasteiger partial charge in [0.05, 0.1) is 10.6 Å². The third-order valence-electron chi connectivity index (χ3n) is 3.78. The average molecular weight is 351 g/mol. The van der Waals surface area contributed by atoms with Crippen LogP contribution in [0.3, 0.4) is 0 Å². The summed E-state index contributed by atoms with van der Waals surface area (Å²) in [5.74, 6) is 0. The van der Waals surface area contributed by atoms with E-state index in [9.17, 15) is 10.1 Å². The number of halogens is 1. The Labute approximate surface area is 150 Å². The first-order chi connectivity index (χ1) is 12.0. The van der Waals surface area contributed by atoms with E-state index in [1.165, 1.54) is 17.7 Å². The van der Waals surface area contributed by atoms with Crippen LogP contribution in [0.4, 0.5) is 11.4 Å². The quantitative estimate of drug-likeness (QED) is 0.330. The summed E-state index contributed by atoms with van der Waals surface area (Å²) in [5.41, 5.74) is 4.49. The summed E-state index contributed by atoms with van der Waals surface area (Å²) in [6.07, 6.45) is 1.78. The van der Waals surface area contributed by atoms with Gasteiger partial charge in [0.25, 0.3) is 5.69 Å². The third kappa shape index (κ3) is 4.11. The Morgan fingerprint density at radius 1 is 1.00 bits per heavy atom. The highest BCUT2D eigenvalue weighted by molar-refractivity contribution is 6.33. The number of hydrogen-bond donors (Lipinski definition) is 0. The van der Waals surface area contributed by atoms with E-state index in [2.05, 4.69) is 4.99 Å². The molecule has 0 spiro atoms. The molecule has 0 heterocycles. The van der Waals surface area contributed by atoms with Crippen molar-refractivity contribution in [2.45, 2.75) is 6.92 Å². The van der Waals surface area contributed by atoms with E-state index in [-0.39, 0.29) is 5.69 Å². The molecule has 0 aromatic heterocycles. The number of non-ortho nitro benzene ring substituents is 1. The van der Waals surface area contributed by atoms with Crippen LogP contribution in [0.25, 0.3) is 11.1 Å². The summed E-state index contributed by atoms with van der Waals surface area (Å²) in [6.45, 7) is 2.03. The molecule has 5 heteroatoms. The fraction of sp³-hybridized carbons (Fsp3) is 0.0500. The molecule has 25 heavy (non-hydrogen) atoms. The van der Waals surface area contributed by atoms with Crippen LogP contribution in [0.2, 0.25) is 5.02 Å². The van der Waals surface area contributed by atoms with Gasteiger partial charge >= 0.3 is 0 Å². The molecule has 3 aromatic carbocycles. The number of nitro benzene ring substituents is 1. The average Bonchev–Trinajstić information content (AvgIpc) is 2.62.